The summed E-state index contributed by atoms with van der Waals surface area (Å²) in [6, 6.07) is 11.5. The Morgan fingerprint density at radius 2 is 1.84 bits per heavy atom. The number of phenols is 1. The molecule has 0 aliphatic rings. The summed E-state index contributed by atoms with van der Waals surface area (Å²) in [6.07, 6.45) is 0. The smallest absolute Gasteiger partial charge is 0.347 e. The van der Waals surface area contributed by atoms with Gasteiger partial charge < -0.3 is 9.84 Å². The van der Waals surface area contributed by atoms with Crippen molar-refractivity contribution in [3.63, 3.8) is 0 Å². The lowest BCUT2D eigenvalue weighted by molar-refractivity contribution is -0.384. The van der Waals surface area contributed by atoms with E-state index in [4.69, 9.17) is 4.74 Å². The molecule has 1 N–H and O–H groups in total. The molecular formula is C13H9NO5. The van der Waals surface area contributed by atoms with Gasteiger partial charge >= 0.3 is 5.97 Å². The largest absolute Gasteiger partial charge is 0.507 e. The molecule has 0 saturated carbocycles. The molecule has 0 fully saturated rings. The van der Waals surface area contributed by atoms with Crippen LogP contribution in [-0.2, 0) is 0 Å². The van der Waals surface area contributed by atoms with Gasteiger partial charge in [-0.3, -0.25) is 10.1 Å². The first kappa shape index (κ1) is 12.6. The number of phenolic OH excluding ortho intramolecular Hbond substituents is 1. The summed E-state index contributed by atoms with van der Waals surface area (Å²) in [6.45, 7) is 0. The number of esters is 1. The lowest BCUT2D eigenvalue weighted by Crippen LogP contribution is -2.08. The van der Waals surface area contributed by atoms with Gasteiger partial charge in [0.1, 0.15) is 17.1 Å². The van der Waals surface area contributed by atoms with Gasteiger partial charge in [0.2, 0.25) is 0 Å². The molecule has 2 rings (SSSR count). The quantitative estimate of drug-likeness (QED) is 0.396. The topological polar surface area (TPSA) is 89.7 Å². The standard InChI is InChI=1S/C13H9NO5/c15-12-8-9(14(17)18)6-7-11(12)13(16)19-10-4-2-1-3-5-10/h1-8,15H. The Morgan fingerprint density at radius 1 is 1.16 bits per heavy atom. The van der Waals surface area contributed by atoms with Crippen molar-refractivity contribution >= 4 is 11.7 Å². The number of para-hydroxylation sites is 1. The first-order valence-corrected chi connectivity index (χ1v) is 5.32. The zero-order valence-corrected chi connectivity index (χ0v) is 9.65. The van der Waals surface area contributed by atoms with Crippen LogP contribution >= 0.6 is 0 Å². The maximum atomic E-state index is 11.8. The minimum absolute atomic E-state index is 0.130. The SMILES string of the molecule is O=C(Oc1ccccc1)c1ccc([N+](=O)[O-])cc1O. The molecule has 0 aromatic heterocycles. The van der Waals surface area contributed by atoms with Crippen molar-refractivity contribution in [1.82, 2.24) is 0 Å². The third-order valence-corrected chi connectivity index (χ3v) is 2.37. The summed E-state index contributed by atoms with van der Waals surface area (Å²) < 4.78 is 5.01. The molecule has 0 aliphatic heterocycles. The monoisotopic (exact) mass is 259 g/mol. The fraction of sp³-hybridized carbons (Fsp3) is 0. The molecule has 6 heteroatoms. The van der Waals surface area contributed by atoms with Gasteiger partial charge in [-0.2, -0.15) is 0 Å². The van der Waals surface area contributed by atoms with Crippen LogP contribution in [0.25, 0.3) is 0 Å². The van der Waals surface area contributed by atoms with E-state index < -0.39 is 16.6 Å². The highest BCUT2D eigenvalue weighted by Crippen LogP contribution is 2.24. The van der Waals surface area contributed by atoms with Gasteiger partial charge in [-0.05, 0) is 18.2 Å². The van der Waals surface area contributed by atoms with E-state index in [9.17, 15) is 20.0 Å². The molecule has 0 amide bonds. The summed E-state index contributed by atoms with van der Waals surface area (Å²) >= 11 is 0. The van der Waals surface area contributed by atoms with Gasteiger partial charge in [0.05, 0.1) is 11.0 Å². The van der Waals surface area contributed by atoms with E-state index in [1.165, 1.54) is 0 Å². The molecule has 0 spiro atoms. The molecule has 0 saturated heterocycles. The van der Waals surface area contributed by atoms with Crippen LogP contribution < -0.4 is 4.74 Å². The number of carbonyl (C=O) groups excluding carboxylic acids is 1. The second-order valence-corrected chi connectivity index (χ2v) is 3.66. The molecule has 0 aliphatic carbocycles. The summed E-state index contributed by atoms with van der Waals surface area (Å²) in [5, 5.41) is 20.1. The number of nitrogens with zero attached hydrogens (tertiary/aromatic N) is 1. The highest BCUT2D eigenvalue weighted by Gasteiger charge is 2.17. The summed E-state index contributed by atoms with van der Waals surface area (Å²) in [5.41, 5.74) is -0.428. The molecule has 96 valence electrons. The van der Waals surface area contributed by atoms with Crippen molar-refractivity contribution in [2.24, 2.45) is 0 Å². The molecule has 2 aromatic rings. The third-order valence-electron chi connectivity index (χ3n) is 2.37. The van der Waals surface area contributed by atoms with Crippen LogP contribution in [0, 0.1) is 10.1 Å². The van der Waals surface area contributed by atoms with Crippen LogP contribution in [-0.4, -0.2) is 16.0 Å². The first-order valence-electron chi connectivity index (χ1n) is 5.32. The van der Waals surface area contributed by atoms with Crippen molar-refractivity contribution in [2.45, 2.75) is 0 Å². The molecular weight excluding hydrogens is 250 g/mol. The number of benzene rings is 2. The van der Waals surface area contributed by atoms with E-state index >= 15 is 0 Å². The molecule has 0 unspecified atom stereocenters. The predicted octanol–water partition coefficient (Wildman–Crippen LogP) is 2.52. The van der Waals surface area contributed by atoms with Gasteiger partial charge in [0.15, 0.2) is 0 Å². The molecule has 0 bridgehead atoms. The van der Waals surface area contributed by atoms with Crippen LogP contribution in [0.4, 0.5) is 5.69 Å². The fourth-order valence-electron chi connectivity index (χ4n) is 1.46. The van der Waals surface area contributed by atoms with Crippen molar-refractivity contribution in [3.8, 4) is 11.5 Å². The average molecular weight is 259 g/mol. The van der Waals surface area contributed by atoms with Gasteiger partial charge in [-0.1, -0.05) is 18.2 Å². The minimum Gasteiger partial charge on any atom is -0.507 e. The number of rotatable bonds is 3. The van der Waals surface area contributed by atoms with Crippen molar-refractivity contribution in [1.29, 1.82) is 0 Å². The zero-order valence-electron chi connectivity index (χ0n) is 9.65. The average Bonchev–Trinajstić information content (AvgIpc) is 2.39. The predicted molar refractivity (Wildman–Crippen MR) is 66.2 cm³/mol. The van der Waals surface area contributed by atoms with Crippen LogP contribution in [0.15, 0.2) is 48.5 Å². The number of hydrogen-bond donors (Lipinski definition) is 1. The second kappa shape index (κ2) is 5.18. The number of carbonyl (C=O) groups is 1. The number of nitro groups is 1. The summed E-state index contributed by atoms with van der Waals surface area (Å²) in [7, 11) is 0. The lowest BCUT2D eigenvalue weighted by Gasteiger charge is -2.05. The van der Waals surface area contributed by atoms with E-state index in [2.05, 4.69) is 0 Å². The third kappa shape index (κ3) is 2.86. The van der Waals surface area contributed by atoms with Crippen LogP contribution in [0.2, 0.25) is 0 Å². The second-order valence-electron chi connectivity index (χ2n) is 3.66. The van der Waals surface area contributed by atoms with E-state index in [0.29, 0.717) is 5.75 Å². The van der Waals surface area contributed by atoms with Gasteiger partial charge in [-0.15, -0.1) is 0 Å². The summed E-state index contributed by atoms with van der Waals surface area (Å²) in [5.74, 6) is -0.945. The molecule has 19 heavy (non-hydrogen) atoms. The molecule has 0 atom stereocenters. The van der Waals surface area contributed by atoms with E-state index in [1.807, 2.05) is 0 Å². The zero-order chi connectivity index (χ0) is 13.8. The Bertz CT molecular complexity index is 624. The number of hydrogen-bond acceptors (Lipinski definition) is 5. The van der Waals surface area contributed by atoms with Crippen molar-refractivity contribution in [2.75, 3.05) is 0 Å². The van der Waals surface area contributed by atoms with Crippen molar-refractivity contribution in [3.05, 3.63) is 64.2 Å². The Balaban J connectivity index is 2.22. The highest BCUT2D eigenvalue weighted by atomic mass is 16.6. The Morgan fingerprint density at radius 3 is 2.42 bits per heavy atom. The number of nitro benzene ring substituents is 1. The van der Waals surface area contributed by atoms with Crippen molar-refractivity contribution < 1.29 is 19.6 Å². The molecule has 0 radical (unpaired) electrons. The maximum Gasteiger partial charge on any atom is 0.347 e. The van der Waals surface area contributed by atoms with Crippen LogP contribution in [0.5, 0.6) is 11.5 Å². The highest BCUT2D eigenvalue weighted by molar-refractivity contribution is 5.94. The van der Waals surface area contributed by atoms with E-state index in [0.717, 1.165) is 18.2 Å². The summed E-state index contributed by atoms with van der Waals surface area (Å²) in [4.78, 5) is 21.6. The Hall–Kier alpha value is -2.89. The lowest BCUT2D eigenvalue weighted by atomic mass is 10.2. The van der Waals surface area contributed by atoms with E-state index in [-0.39, 0.29) is 11.3 Å². The normalized spacial score (nSPS) is 9.89. The first-order chi connectivity index (χ1) is 9.08. The Kier molecular flexibility index (Phi) is 3.42. The molecule has 6 nitrogen and oxygen atoms in total. The van der Waals surface area contributed by atoms with Crippen LogP contribution in [0.3, 0.4) is 0 Å². The Labute approximate surface area is 108 Å². The van der Waals surface area contributed by atoms with Gasteiger partial charge in [0, 0.05) is 6.07 Å². The number of aromatic hydroxyl groups is 1. The molecule has 2 aromatic carbocycles. The van der Waals surface area contributed by atoms with Crippen LogP contribution in [0.1, 0.15) is 10.4 Å². The number of ether oxygens (including phenoxy) is 1. The van der Waals surface area contributed by atoms with Gasteiger partial charge in [0.25, 0.3) is 5.69 Å². The maximum absolute atomic E-state index is 11.8. The minimum atomic E-state index is -0.779. The number of non-ortho nitro benzene ring substituents is 1. The molecule has 0 heterocycles. The fourth-order valence-corrected chi connectivity index (χ4v) is 1.46. The van der Waals surface area contributed by atoms with E-state index in [1.54, 1.807) is 30.3 Å². The van der Waals surface area contributed by atoms with Gasteiger partial charge in [-0.25, -0.2) is 4.79 Å².